The number of nitrogens with one attached hydrogen (secondary N) is 1. The van der Waals surface area contributed by atoms with Crippen molar-refractivity contribution in [2.75, 3.05) is 17.7 Å². The number of anilines is 2. The van der Waals surface area contributed by atoms with Gasteiger partial charge >= 0.3 is 0 Å². The molecule has 2 aromatic rings. The number of nitrogens with two attached hydrogens (primary N) is 1. The molecule has 146 valence electrons. The molecule has 1 saturated carbocycles. The summed E-state index contributed by atoms with van der Waals surface area (Å²) in [6.45, 7) is -0.259. The van der Waals surface area contributed by atoms with Crippen molar-refractivity contribution in [1.82, 2.24) is 9.97 Å². The Morgan fingerprint density at radius 3 is 2.75 bits per heavy atom. The molecule has 1 heterocycles. The summed E-state index contributed by atoms with van der Waals surface area (Å²) in [6, 6.07) is 7.91. The van der Waals surface area contributed by atoms with Crippen molar-refractivity contribution in [3.05, 3.63) is 35.0 Å². The first-order chi connectivity index (χ1) is 13.4. The molecular weight excluding hydrogens is 386 g/mol. The van der Waals surface area contributed by atoms with Gasteiger partial charge in [-0.25, -0.2) is 0 Å². The summed E-state index contributed by atoms with van der Waals surface area (Å²) in [5.41, 5.74) is 6.60. The summed E-state index contributed by atoms with van der Waals surface area (Å²) in [7, 11) is 0. The number of aliphatic hydroxyl groups is 3. The zero-order valence-corrected chi connectivity index (χ0v) is 15.3. The SMILES string of the molecule is N#Cc1cccc(/N=N/c2c(Cl)nc(N)nc2N[C@@H]2C[C@H](CO)[C@@H](O)[C@H]2O)c1. The molecular formula is C17H18ClN7O3. The maximum absolute atomic E-state index is 10.2. The molecule has 28 heavy (non-hydrogen) atoms. The Morgan fingerprint density at radius 2 is 2.07 bits per heavy atom. The van der Waals surface area contributed by atoms with Gasteiger partial charge < -0.3 is 26.4 Å². The summed E-state index contributed by atoms with van der Waals surface area (Å²) < 4.78 is 0. The lowest BCUT2D eigenvalue weighted by atomic mass is 10.1. The third kappa shape index (κ3) is 4.18. The average molecular weight is 404 g/mol. The normalized spacial score (nSPS) is 24.4. The van der Waals surface area contributed by atoms with E-state index >= 15 is 0 Å². The van der Waals surface area contributed by atoms with Gasteiger partial charge in [-0.3, -0.25) is 0 Å². The van der Waals surface area contributed by atoms with Crippen LogP contribution in [-0.2, 0) is 0 Å². The van der Waals surface area contributed by atoms with E-state index in [0.717, 1.165) is 0 Å². The fourth-order valence-electron chi connectivity index (χ4n) is 3.00. The maximum Gasteiger partial charge on any atom is 0.223 e. The number of hydrogen-bond acceptors (Lipinski definition) is 10. The second-order valence-electron chi connectivity index (χ2n) is 6.34. The van der Waals surface area contributed by atoms with Crippen LogP contribution in [-0.4, -0.2) is 50.1 Å². The highest BCUT2D eigenvalue weighted by Crippen LogP contribution is 2.36. The molecule has 1 aromatic heterocycles. The highest BCUT2D eigenvalue weighted by Gasteiger charge is 2.41. The maximum atomic E-state index is 10.2. The van der Waals surface area contributed by atoms with Crippen LogP contribution < -0.4 is 11.1 Å². The molecule has 0 saturated heterocycles. The van der Waals surface area contributed by atoms with Gasteiger partial charge in [-0.1, -0.05) is 17.7 Å². The van der Waals surface area contributed by atoms with Crippen LogP contribution in [0.2, 0.25) is 5.15 Å². The fourth-order valence-corrected chi connectivity index (χ4v) is 3.22. The Kier molecular flexibility index (Phi) is 6.01. The van der Waals surface area contributed by atoms with Gasteiger partial charge in [0.05, 0.1) is 29.5 Å². The minimum absolute atomic E-state index is 0.0538. The second kappa shape index (κ2) is 8.45. The van der Waals surface area contributed by atoms with Crippen LogP contribution in [0.5, 0.6) is 0 Å². The number of nitrogens with zero attached hydrogens (tertiary/aromatic N) is 5. The van der Waals surface area contributed by atoms with Crippen molar-refractivity contribution < 1.29 is 15.3 Å². The number of hydrogen-bond donors (Lipinski definition) is 5. The van der Waals surface area contributed by atoms with Crippen molar-refractivity contribution in [3.8, 4) is 6.07 Å². The molecule has 0 radical (unpaired) electrons. The quantitative estimate of drug-likeness (QED) is 0.369. The van der Waals surface area contributed by atoms with E-state index in [0.29, 0.717) is 17.7 Å². The van der Waals surface area contributed by atoms with E-state index in [2.05, 4.69) is 25.5 Å². The highest BCUT2D eigenvalue weighted by molar-refractivity contribution is 6.32. The molecule has 0 amide bonds. The van der Waals surface area contributed by atoms with Gasteiger partial charge in [-0.05, 0) is 24.6 Å². The number of rotatable bonds is 5. The van der Waals surface area contributed by atoms with Gasteiger partial charge in [0, 0.05) is 12.5 Å². The summed E-state index contributed by atoms with van der Waals surface area (Å²) in [5.74, 6) is -0.446. The molecule has 0 aliphatic heterocycles. The van der Waals surface area contributed by atoms with E-state index in [-0.39, 0.29) is 29.2 Å². The molecule has 11 heteroatoms. The standard InChI is InChI=1S/C17H18ClN7O3/c18-15-12(25-24-10-3-1-2-8(4-10)6-19)16(23-17(20)22-15)21-11-5-9(7-26)13(27)14(11)28/h1-4,9,11,13-14,26-28H,5,7H2,(H3,20,21,22,23)/b25-24+/t9-,11-,13-,14+/m1/s1. The minimum atomic E-state index is -1.12. The van der Waals surface area contributed by atoms with Crippen molar-refractivity contribution in [2.45, 2.75) is 24.7 Å². The van der Waals surface area contributed by atoms with Gasteiger partial charge in [0.2, 0.25) is 5.95 Å². The Labute approximate surface area is 165 Å². The van der Waals surface area contributed by atoms with Gasteiger partial charge in [0.25, 0.3) is 0 Å². The van der Waals surface area contributed by atoms with E-state index in [1.807, 2.05) is 6.07 Å². The first kappa shape index (κ1) is 19.9. The average Bonchev–Trinajstić information content (AvgIpc) is 2.95. The second-order valence-corrected chi connectivity index (χ2v) is 6.70. The largest absolute Gasteiger partial charge is 0.396 e. The molecule has 10 nitrogen and oxygen atoms in total. The third-order valence-electron chi connectivity index (χ3n) is 4.46. The summed E-state index contributed by atoms with van der Waals surface area (Å²) in [5, 5.41) is 49.5. The molecule has 4 atom stereocenters. The van der Waals surface area contributed by atoms with Crippen LogP contribution in [0.3, 0.4) is 0 Å². The predicted molar refractivity (Wildman–Crippen MR) is 101 cm³/mol. The zero-order chi connectivity index (χ0) is 20.3. The van der Waals surface area contributed by atoms with Gasteiger partial charge in [-0.2, -0.15) is 20.3 Å². The van der Waals surface area contributed by atoms with Crippen LogP contribution >= 0.6 is 11.6 Å². The van der Waals surface area contributed by atoms with Gasteiger partial charge in [0.15, 0.2) is 16.7 Å². The van der Waals surface area contributed by atoms with Crippen molar-refractivity contribution >= 4 is 34.7 Å². The minimum Gasteiger partial charge on any atom is -0.396 e. The molecule has 1 aromatic carbocycles. The monoisotopic (exact) mass is 403 g/mol. The lowest BCUT2D eigenvalue weighted by Crippen LogP contribution is -2.35. The zero-order valence-electron chi connectivity index (χ0n) is 14.6. The van der Waals surface area contributed by atoms with Crippen molar-refractivity contribution in [2.24, 2.45) is 16.1 Å². The Balaban J connectivity index is 1.90. The van der Waals surface area contributed by atoms with E-state index in [4.69, 9.17) is 22.6 Å². The molecule has 0 unspecified atom stereocenters. The van der Waals surface area contributed by atoms with Crippen LogP contribution in [0.25, 0.3) is 0 Å². The van der Waals surface area contributed by atoms with Crippen LogP contribution in [0.15, 0.2) is 34.5 Å². The fraction of sp³-hybridized carbons (Fsp3) is 0.353. The number of aromatic nitrogens is 2. The van der Waals surface area contributed by atoms with E-state index in [1.54, 1.807) is 24.3 Å². The smallest absolute Gasteiger partial charge is 0.223 e. The molecule has 6 N–H and O–H groups in total. The van der Waals surface area contributed by atoms with Gasteiger partial charge in [-0.15, -0.1) is 5.11 Å². The summed E-state index contributed by atoms with van der Waals surface area (Å²) in [4.78, 5) is 7.92. The molecule has 1 fully saturated rings. The molecule has 3 rings (SSSR count). The van der Waals surface area contributed by atoms with E-state index in [1.165, 1.54) is 0 Å². The topological polar surface area (TPSA) is 173 Å². The third-order valence-corrected chi connectivity index (χ3v) is 4.72. The molecule has 0 spiro atoms. The van der Waals surface area contributed by atoms with E-state index in [9.17, 15) is 15.3 Å². The Bertz CT molecular complexity index is 933. The lowest BCUT2D eigenvalue weighted by Gasteiger charge is -2.19. The predicted octanol–water partition coefficient (Wildman–Crippen LogP) is 1.51. The first-order valence-electron chi connectivity index (χ1n) is 8.41. The van der Waals surface area contributed by atoms with E-state index < -0.39 is 24.2 Å². The number of nitrogen functional groups attached to an aromatic ring is 1. The summed E-state index contributed by atoms with van der Waals surface area (Å²) in [6.07, 6.45) is -1.89. The Hall–Kier alpha value is -2.84. The van der Waals surface area contributed by atoms with Crippen LogP contribution in [0, 0.1) is 17.2 Å². The molecule has 0 bridgehead atoms. The lowest BCUT2D eigenvalue weighted by molar-refractivity contribution is 0.00446. The number of benzene rings is 1. The Morgan fingerprint density at radius 1 is 1.29 bits per heavy atom. The van der Waals surface area contributed by atoms with Crippen molar-refractivity contribution in [3.63, 3.8) is 0 Å². The number of aliphatic hydroxyl groups excluding tert-OH is 3. The number of azo groups is 1. The van der Waals surface area contributed by atoms with Crippen molar-refractivity contribution in [1.29, 1.82) is 5.26 Å². The first-order valence-corrected chi connectivity index (χ1v) is 8.79. The molecule has 1 aliphatic rings. The van der Waals surface area contributed by atoms with Crippen LogP contribution in [0.4, 0.5) is 23.1 Å². The number of nitriles is 1. The summed E-state index contributed by atoms with van der Waals surface area (Å²) >= 11 is 6.14. The molecule has 1 aliphatic carbocycles. The number of halogens is 1. The van der Waals surface area contributed by atoms with Gasteiger partial charge in [0.1, 0.15) is 6.10 Å². The van der Waals surface area contributed by atoms with Crippen LogP contribution in [0.1, 0.15) is 12.0 Å². The highest BCUT2D eigenvalue weighted by atomic mass is 35.5.